The second kappa shape index (κ2) is 7.51. The van der Waals surface area contributed by atoms with Gasteiger partial charge in [-0.2, -0.15) is 0 Å². The highest BCUT2D eigenvalue weighted by atomic mass is 16.3. The van der Waals surface area contributed by atoms with Crippen LogP contribution in [-0.4, -0.2) is 5.11 Å². The first-order valence-electron chi connectivity index (χ1n) is 9.34. The fourth-order valence-electron chi connectivity index (χ4n) is 3.73. The van der Waals surface area contributed by atoms with Gasteiger partial charge in [0.05, 0.1) is 0 Å². The highest BCUT2D eigenvalue weighted by Crippen LogP contribution is 2.46. The maximum atomic E-state index is 11.0. The van der Waals surface area contributed by atoms with Gasteiger partial charge in [0.25, 0.3) is 0 Å². The van der Waals surface area contributed by atoms with Gasteiger partial charge >= 0.3 is 0 Å². The first kappa shape index (κ1) is 17.1. The lowest BCUT2D eigenvalue weighted by Gasteiger charge is -2.21. The standard InChI is InChI=1S/C26H22O/c1-2-19-18-23(27)25(21-14-8-4-9-15-21)26(22-16-10-5-11-17-22)24(19)20-12-6-3-7-13-20/h3-18,27H,2H2,1H3. The summed E-state index contributed by atoms with van der Waals surface area (Å²) in [6, 6.07) is 32.9. The summed E-state index contributed by atoms with van der Waals surface area (Å²) >= 11 is 0. The van der Waals surface area contributed by atoms with E-state index in [9.17, 15) is 5.11 Å². The first-order valence-corrected chi connectivity index (χ1v) is 9.34. The number of hydrogen-bond donors (Lipinski definition) is 1. The van der Waals surface area contributed by atoms with Crippen molar-refractivity contribution < 1.29 is 5.11 Å². The molecule has 0 amide bonds. The summed E-state index contributed by atoms with van der Waals surface area (Å²) in [5.74, 6) is 0.330. The van der Waals surface area contributed by atoms with E-state index in [4.69, 9.17) is 0 Å². The Morgan fingerprint density at radius 1 is 0.556 bits per heavy atom. The van der Waals surface area contributed by atoms with Crippen LogP contribution in [0.2, 0.25) is 0 Å². The SMILES string of the molecule is CCc1cc(O)c(-c2ccccc2)c(-c2ccccc2)c1-c1ccccc1. The summed E-state index contributed by atoms with van der Waals surface area (Å²) in [4.78, 5) is 0. The summed E-state index contributed by atoms with van der Waals surface area (Å²) in [7, 11) is 0. The van der Waals surface area contributed by atoms with Crippen LogP contribution in [0.3, 0.4) is 0 Å². The van der Waals surface area contributed by atoms with Gasteiger partial charge in [-0.3, -0.25) is 0 Å². The molecule has 0 saturated carbocycles. The molecular formula is C26H22O. The van der Waals surface area contributed by atoms with Crippen molar-refractivity contribution in [2.75, 3.05) is 0 Å². The van der Waals surface area contributed by atoms with Crippen molar-refractivity contribution in [2.45, 2.75) is 13.3 Å². The number of hydrogen-bond acceptors (Lipinski definition) is 1. The van der Waals surface area contributed by atoms with Crippen LogP contribution in [0.25, 0.3) is 33.4 Å². The van der Waals surface area contributed by atoms with E-state index in [1.807, 2.05) is 36.4 Å². The van der Waals surface area contributed by atoms with Gasteiger partial charge in [0.15, 0.2) is 0 Å². The van der Waals surface area contributed by atoms with Crippen molar-refractivity contribution in [1.82, 2.24) is 0 Å². The molecule has 0 fully saturated rings. The van der Waals surface area contributed by atoms with Crippen LogP contribution in [0.4, 0.5) is 0 Å². The second-order valence-corrected chi connectivity index (χ2v) is 6.63. The van der Waals surface area contributed by atoms with Crippen LogP contribution in [0.15, 0.2) is 97.1 Å². The molecule has 4 aromatic carbocycles. The second-order valence-electron chi connectivity index (χ2n) is 6.63. The van der Waals surface area contributed by atoms with Crippen LogP contribution in [-0.2, 0) is 6.42 Å². The van der Waals surface area contributed by atoms with Gasteiger partial charge in [-0.15, -0.1) is 0 Å². The normalized spacial score (nSPS) is 10.7. The van der Waals surface area contributed by atoms with Gasteiger partial charge in [-0.1, -0.05) is 97.9 Å². The minimum absolute atomic E-state index is 0.330. The van der Waals surface area contributed by atoms with Crippen LogP contribution in [0.5, 0.6) is 5.75 Å². The Balaban J connectivity index is 2.15. The molecule has 1 heteroatoms. The van der Waals surface area contributed by atoms with Crippen molar-refractivity contribution in [3.8, 4) is 39.1 Å². The molecule has 0 heterocycles. The molecule has 0 saturated heterocycles. The number of phenols is 1. The minimum Gasteiger partial charge on any atom is -0.507 e. The highest BCUT2D eigenvalue weighted by Gasteiger charge is 2.20. The predicted molar refractivity (Wildman–Crippen MR) is 114 cm³/mol. The lowest BCUT2D eigenvalue weighted by Crippen LogP contribution is -1.96. The Bertz CT molecular complexity index is 1040. The predicted octanol–water partition coefficient (Wildman–Crippen LogP) is 6.96. The molecule has 4 rings (SSSR count). The van der Waals surface area contributed by atoms with Crippen LogP contribution >= 0.6 is 0 Å². The molecule has 0 aromatic heterocycles. The first-order chi connectivity index (χ1) is 13.3. The smallest absolute Gasteiger partial charge is 0.124 e. The van der Waals surface area contributed by atoms with Gasteiger partial charge in [0.1, 0.15) is 5.75 Å². The van der Waals surface area contributed by atoms with Crippen molar-refractivity contribution in [3.05, 3.63) is 103 Å². The molecule has 27 heavy (non-hydrogen) atoms. The van der Waals surface area contributed by atoms with Crippen LogP contribution < -0.4 is 0 Å². The molecule has 1 nitrogen and oxygen atoms in total. The Kier molecular flexibility index (Phi) is 4.76. The molecule has 0 aliphatic carbocycles. The number of rotatable bonds is 4. The van der Waals surface area contributed by atoms with Gasteiger partial charge in [-0.05, 0) is 40.3 Å². The highest BCUT2D eigenvalue weighted by molar-refractivity contribution is 5.98. The molecule has 0 aliphatic rings. The van der Waals surface area contributed by atoms with Gasteiger partial charge in [0.2, 0.25) is 0 Å². The molecule has 4 aromatic rings. The van der Waals surface area contributed by atoms with E-state index in [2.05, 4.69) is 67.6 Å². The van der Waals surface area contributed by atoms with Crippen molar-refractivity contribution in [2.24, 2.45) is 0 Å². The van der Waals surface area contributed by atoms with Crippen molar-refractivity contribution in [3.63, 3.8) is 0 Å². The Hall–Kier alpha value is -3.32. The molecule has 0 unspecified atom stereocenters. The number of aromatic hydroxyl groups is 1. The topological polar surface area (TPSA) is 20.2 Å². The monoisotopic (exact) mass is 350 g/mol. The summed E-state index contributed by atoms with van der Waals surface area (Å²) in [5.41, 5.74) is 7.63. The Labute approximate surface area is 160 Å². The Morgan fingerprint density at radius 3 is 1.41 bits per heavy atom. The zero-order chi connectivity index (χ0) is 18.6. The Morgan fingerprint density at radius 2 is 0.963 bits per heavy atom. The van der Waals surface area contributed by atoms with E-state index >= 15 is 0 Å². The molecule has 0 spiro atoms. The fraction of sp³-hybridized carbons (Fsp3) is 0.0769. The lowest BCUT2D eigenvalue weighted by atomic mass is 9.83. The zero-order valence-electron chi connectivity index (χ0n) is 15.4. The fourth-order valence-corrected chi connectivity index (χ4v) is 3.73. The minimum atomic E-state index is 0.330. The molecular weight excluding hydrogens is 328 g/mol. The zero-order valence-corrected chi connectivity index (χ0v) is 15.4. The van der Waals surface area contributed by atoms with Crippen molar-refractivity contribution in [1.29, 1.82) is 0 Å². The third kappa shape index (κ3) is 3.24. The van der Waals surface area contributed by atoms with Gasteiger partial charge in [-0.25, -0.2) is 0 Å². The van der Waals surface area contributed by atoms with E-state index in [1.54, 1.807) is 0 Å². The summed E-state index contributed by atoms with van der Waals surface area (Å²) in [6.45, 7) is 2.14. The van der Waals surface area contributed by atoms with E-state index < -0.39 is 0 Å². The van der Waals surface area contributed by atoms with E-state index in [1.165, 1.54) is 11.1 Å². The summed E-state index contributed by atoms with van der Waals surface area (Å²) in [5, 5.41) is 11.0. The maximum absolute atomic E-state index is 11.0. The molecule has 0 radical (unpaired) electrons. The molecule has 1 N–H and O–H groups in total. The maximum Gasteiger partial charge on any atom is 0.124 e. The van der Waals surface area contributed by atoms with Crippen LogP contribution in [0, 0.1) is 0 Å². The van der Waals surface area contributed by atoms with Gasteiger partial charge < -0.3 is 5.11 Å². The molecule has 0 bridgehead atoms. The number of phenolic OH excluding ortho intramolecular Hbond substituents is 1. The van der Waals surface area contributed by atoms with Crippen LogP contribution in [0.1, 0.15) is 12.5 Å². The van der Waals surface area contributed by atoms with E-state index in [0.29, 0.717) is 5.75 Å². The largest absolute Gasteiger partial charge is 0.507 e. The summed E-state index contributed by atoms with van der Waals surface area (Å²) in [6.07, 6.45) is 0.854. The quantitative estimate of drug-likeness (QED) is 0.422. The third-order valence-corrected chi connectivity index (χ3v) is 4.96. The number of aryl methyl sites for hydroxylation is 1. The van der Waals surface area contributed by atoms with E-state index in [-0.39, 0.29) is 0 Å². The molecule has 132 valence electrons. The average Bonchev–Trinajstić information content (AvgIpc) is 2.74. The van der Waals surface area contributed by atoms with Gasteiger partial charge in [0, 0.05) is 11.1 Å². The average molecular weight is 350 g/mol. The van der Waals surface area contributed by atoms with E-state index in [0.717, 1.165) is 34.2 Å². The summed E-state index contributed by atoms with van der Waals surface area (Å²) < 4.78 is 0. The third-order valence-electron chi connectivity index (χ3n) is 4.96. The molecule has 0 aliphatic heterocycles. The number of benzene rings is 4. The molecule has 0 atom stereocenters. The lowest BCUT2D eigenvalue weighted by molar-refractivity contribution is 0.477. The van der Waals surface area contributed by atoms with Crippen molar-refractivity contribution >= 4 is 0 Å².